The number of hydrogen-bond acceptors (Lipinski definition) is 17. The second kappa shape index (κ2) is 28.0. The summed E-state index contributed by atoms with van der Waals surface area (Å²) in [6, 6.07) is -4.38. The van der Waals surface area contributed by atoms with Crippen molar-refractivity contribution < 1.29 is 57.6 Å². The summed E-state index contributed by atoms with van der Waals surface area (Å²) in [4.78, 5) is 157. The number of carbonyl (C=O) groups is 9. The number of carboxylic acids is 1. The zero-order valence-corrected chi connectivity index (χ0v) is 38.6. The third-order valence-corrected chi connectivity index (χ3v) is 12.1. The van der Waals surface area contributed by atoms with Crippen LogP contribution >= 0.6 is 21.6 Å². The van der Waals surface area contributed by atoms with E-state index in [-0.39, 0.29) is 67.4 Å². The van der Waals surface area contributed by atoms with Crippen LogP contribution in [0.5, 0.6) is 0 Å². The zero-order chi connectivity index (χ0) is 52.1. The highest BCUT2D eigenvalue weighted by Crippen LogP contribution is 2.24. The number of H-pyrrole nitrogens is 1. The molecular formula is C38H52FN15O14S2. The number of benzene rings is 1. The van der Waals surface area contributed by atoms with E-state index in [1.165, 1.54) is 0 Å². The van der Waals surface area contributed by atoms with Gasteiger partial charge in [0.25, 0.3) is 17.2 Å². The fraction of sp³-hybridized carbons (Fsp3) is 0.474. The molecule has 0 aliphatic carbocycles. The van der Waals surface area contributed by atoms with Gasteiger partial charge < -0.3 is 65.3 Å². The van der Waals surface area contributed by atoms with E-state index in [4.69, 9.17) is 22.9 Å². The monoisotopic (exact) mass is 1030 g/mol. The SMILES string of the molecule is NCCCC[C@H](NC(=O)c1ccc(Cn2cc(F)c(=O)[nH]c2=O)c([N+](=O)[O-])c1)C(=O)NCC(=O)N[C@H]1CSSC[C@@H](C(=O)O)NC(=O)[C@H](CCCN=C(N)N)NC(=O)CNC(=O)[C@H](CC(N)=O)NC1=O. The molecule has 29 nitrogen and oxygen atoms in total. The largest absolute Gasteiger partial charge is 0.480 e. The number of nitrogens with zero attached hydrogens (tertiary/aromatic N) is 3. The minimum Gasteiger partial charge on any atom is -0.480 e. The number of aromatic nitrogens is 2. The van der Waals surface area contributed by atoms with E-state index in [0.29, 0.717) is 17.2 Å². The van der Waals surface area contributed by atoms with Crippen molar-refractivity contribution in [3.63, 3.8) is 0 Å². The molecule has 1 aliphatic heterocycles. The van der Waals surface area contributed by atoms with Crippen LogP contribution < -0.4 is 71.4 Å². The van der Waals surface area contributed by atoms with Gasteiger partial charge in [-0.1, -0.05) is 21.6 Å². The summed E-state index contributed by atoms with van der Waals surface area (Å²) in [5, 5.41) is 38.2. The Morgan fingerprint density at radius 3 is 2.33 bits per heavy atom. The number of halogens is 1. The fourth-order valence-electron chi connectivity index (χ4n) is 6.18. The Morgan fingerprint density at radius 1 is 0.957 bits per heavy atom. The van der Waals surface area contributed by atoms with Crippen molar-refractivity contribution in [3.8, 4) is 0 Å². The zero-order valence-electron chi connectivity index (χ0n) is 37.0. The number of primary amides is 1. The van der Waals surface area contributed by atoms with Crippen molar-refractivity contribution in [2.75, 3.05) is 37.7 Å². The third kappa shape index (κ3) is 18.8. The molecule has 1 aromatic carbocycles. The lowest BCUT2D eigenvalue weighted by Crippen LogP contribution is -2.57. The second-order valence-electron chi connectivity index (χ2n) is 15.1. The third-order valence-electron chi connectivity index (χ3n) is 9.72. The quantitative estimate of drug-likeness (QED) is 0.0147. The number of nitro benzene ring substituents is 1. The molecular weight excluding hydrogens is 974 g/mol. The highest BCUT2D eigenvalue weighted by atomic mass is 33.1. The predicted octanol–water partition coefficient (Wildman–Crippen LogP) is -5.56. The van der Waals surface area contributed by atoms with Gasteiger partial charge >= 0.3 is 11.7 Å². The molecule has 1 fully saturated rings. The summed E-state index contributed by atoms with van der Waals surface area (Å²) >= 11 is 0. The van der Waals surface area contributed by atoms with Crippen molar-refractivity contribution in [3.05, 3.63) is 72.3 Å². The number of nitro groups is 1. The number of carbonyl (C=O) groups excluding carboxylic acids is 8. The lowest BCUT2D eigenvalue weighted by atomic mass is 10.1. The molecule has 32 heteroatoms. The average Bonchev–Trinajstić information content (AvgIpc) is 3.29. The van der Waals surface area contributed by atoms with Crippen LogP contribution in [0.4, 0.5) is 10.1 Å². The molecule has 0 spiro atoms. The second-order valence-corrected chi connectivity index (χ2v) is 17.7. The van der Waals surface area contributed by atoms with Gasteiger partial charge in [-0.15, -0.1) is 0 Å². The Balaban J connectivity index is 1.80. The van der Waals surface area contributed by atoms with Gasteiger partial charge in [0.15, 0.2) is 5.96 Å². The van der Waals surface area contributed by atoms with Gasteiger partial charge in [0.05, 0.1) is 37.2 Å². The van der Waals surface area contributed by atoms with Crippen molar-refractivity contribution in [1.29, 1.82) is 0 Å². The molecule has 0 saturated carbocycles. The molecule has 3 rings (SSSR count). The van der Waals surface area contributed by atoms with Crippen molar-refractivity contribution in [2.24, 2.45) is 27.9 Å². The summed E-state index contributed by atoms with van der Waals surface area (Å²) in [6.07, 6.45) is 0.497. The number of amides is 8. The fourth-order valence-corrected chi connectivity index (χ4v) is 8.50. The van der Waals surface area contributed by atoms with Crippen LogP contribution in [-0.4, -0.2) is 147 Å². The first-order valence-electron chi connectivity index (χ1n) is 20.9. The number of nitrogens with one attached hydrogen (secondary N) is 8. The van der Waals surface area contributed by atoms with Crippen LogP contribution in [0.3, 0.4) is 0 Å². The Morgan fingerprint density at radius 2 is 1.67 bits per heavy atom. The highest BCUT2D eigenvalue weighted by Gasteiger charge is 2.32. The summed E-state index contributed by atoms with van der Waals surface area (Å²) in [6.45, 7) is -1.94. The number of rotatable bonds is 20. The molecule has 17 N–H and O–H groups in total. The first kappa shape index (κ1) is 56.7. The lowest BCUT2D eigenvalue weighted by molar-refractivity contribution is -0.385. The number of carboxylic acid groups (broad SMARTS) is 1. The summed E-state index contributed by atoms with van der Waals surface area (Å²) in [5.41, 5.74) is 18.1. The number of aliphatic imine (C=N–C) groups is 1. The molecule has 382 valence electrons. The van der Waals surface area contributed by atoms with Gasteiger partial charge in [0.1, 0.15) is 30.2 Å². The maximum Gasteiger partial charge on any atom is 0.328 e. The first-order chi connectivity index (χ1) is 33.1. The molecule has 70 heavy (non-hydrogen) atoms. The molecule has 2 heterocycles. The Hall–Kier alpha value is -7.61. The summed E-state index contributed by atoms with van der Waals surface area (Å²) < 4.78 is 14.5. The Bertz CT molecular complexity index is 2450. The van der Waals surface area contributed by atoms with Crippen LogP contribution in [0, 0.1) is 15.9 Å². The van der Waals surface area contributed by atoms with Gasteiger partial charge in [-0.05, 0) is 50.8 Å². The van der Waals surface area contributed by atoms with Crippen LogP contribution in [-0.2, 0) is 44.9 Å². The maximum absolute atomic E-state index is 13.9. The Kier molecular flexibility index (Phi) is 22.7. The topological polar surface area (TPSA) is 473 Å². The van der Waals surface area contributed by atoms with E-state index in [9.17, 15) is 72.4 Å². The standard InChI is InChI=1S/C38H52FN15O14S2/c39-20-15-53(38(66)52-31(20)59)14-19-7-6-18(10-26(19)54(67)68)30(58)49-21(4-1-2-8-40)32(60)45-13-29(57)48-24-16-69-70-17-25(36(64)65)51-34(62)22(5-3-9-44-37(42)43)47-28(56)12-46-33(61)23(11-27(41)55)50-35(24)63/h6-7,10,15,21-25H,1-5,8-9,11-14,16-17,40H2,(H2,41,55)(H,45,60)(H,46,61)(H,47,56)(H,48,57)(H,49,58)(H,50,63)(H,51,62)(H,64,65)(H4,42,43,44)(H,52,59,66)/t21-,22-,23-,24-,25-/m0/s1. The van der Waals surface area contributed by atoms with Gasteiger partial charge in [0.2, 0.25) is 47.2 Å². The van der Waals surface area contributed by atoms with Gasteiger partial charge in [-0.2, -0.15) is 4.39 Å². The molecule has 5 atom stereocenters. The van der Waals surface area contributed by atoms with E-state index < -0.39 is 137 Å². The number of hydrogen-bond donors (Lipinski definition) is 13. The molecule has 0 unspecified atom stereocenters. The lowest BCUT2D eigenvalue weighted by Gasteiger charge is -2.23. The normalized spacial score (nSPS) is 18.5. The van der Waals surface area contributed by atoms with E-state index in [0.717, 1.165) is 39.8 Å². The van der Waals surface area contributed by atoms with Crippen LogP contribution in [0.15, 0.2) is 39.0 Å². The summed E-state index contributed by atoms with van der Waals surface area (Å²) in [5.74, 6) is -11.6. The van der Waals surface area contributed by atoms with E-state index in [2.05, 4.69) is 42.2 Å². The van der Waals surface area contributed by atoms with Gasteiger partial charge in [-0.3, -0.25) is 67.8 Å². The Labute approximate surface area is 402 Å². The summed E-state index contributed by atoms with van der Waals surface area (Å²) in [7, 11) is 1.70. The van der Waals surface area contributed by atoms with Crippen molar-refractivity contribution in [2.45, 2.75) is 75.3 Å². The van der Waals surface area contributed by atoms with Gasteiger partial charge in [-0.25, -0.2) is 9.59 Å². The highest BCUT2D eigenvalue weighted by molar-refractivity contribution is 8.76. The van der Waals surface area contributed by atoms with Crippen LogP contribution in [0.25, 0.3) is 0 Å². The maximum atomic E-state index is 13.9. The van der Waals surface area contributed by atoms with E-state index in [1.807, 2.05) is 0 Å². The number of aromatic amines is 1. The van der Waals surface area contributed by atoms with Crippen LogP contribution in [0.2, 0.25) is 0 Å². The predicted molar refractivity (Wildman–Crippen MR) is 248 cm³/mol. The smallest absolute Gasteiger partial charge is 0.328 e. The molecule has 0 radical (unpaired) electrons. The molecule has 0 bridgehead atoms. The average molecular weight is 1030 g/mol. The molecule has 2 aromatic rings. The van der Waals surface area contributed by atoms with E-state index in [1.54, 1.807) is 4.98 Å². The molecule has 1 aromatic heterocycles. The van der Waals surface area contributed by atoms with Crippen LogP contribution in [0.1, 0.15) is 54.4 Å². The van der Waals surface area contributed by atoms with Gasteiger partial charge in [0, 0.05) is 35.2 Å². The molecule has 8 amide bonds. The number of nitrogens with two attached hydrogens (primary N) is 4. The van der Waals surface area contributed by atoms with E-state index >= 15 is 0 Å². The molecule has 1 saturated heterocycles. The van der Waals surface area contributed by atoms with Crippen molar-refractivity contribution in [1.82, 2.24) is 46.8 Å². The number of unbranched alkanes of at least 4 members (excludes halogenated alkanes) is 1. The number of aliphatic carboxylic acids is 1. The minimum absolute atomic E-state index is 0.0427. The number of guanidine groups is 1. The minimum atomic E-state index is -1.69. The van der Waals surface area contributed by atoms with Crippen molar-refractivity contribution >= 4 is 86.5 Å². The first-order valence-corrected chi connectivity index (χ1v) is 23.4. The molecule has 1 aliphatic rings.